The number of nitrogens with two attached hydrogens (primary N) is 2. The zero-order chi connectivity index (χ0) is 20.1. The lowest BCUT2D eigenvalue weighted by atomic mass is 10.1. The van der Waals surface area contributed by atoms with Crippen LogP contribution in [0.5, 0.6) is 0 Å². The van der Waals surface area contributed by atoms with Gasteiger partial charge in [-0.05, 0) is 13.8 Å². The molecule has 26 heavy (non-hydrogen) atoms. The van der Waals surface area contributed by atoms with Crippen LogP contribution in [0.15, 0.2) is 28.9 Å². The smallest absolute Gasteiger partial charge is 0.328 e. The normalized spacial score (nSPS) is 17.1. The van der Waals surface area contributed by atoms with Crippen LogP contribution in [0, 0.1) is 0 Å². The van der Waals surface area contributed by atoms with Gasteiger partial charge in [-0.2, -0.15) is 5.10 Å². The third-order valence-corrected chi connectivity index (χ3v) is 5.07. The zero-order valence-corrected chi connectivity index (χ0v) is 16.3. The summed E-state index contributed by atoms with van der Waals surface area (Å²) in [6, 6.07) is -0.118. The van der Waals surface area contributed by atoms with Crippen molar-refractivity contribution in [1.82, 2.24) is 9.78 Å². The van der Waals surface area contributed by atoms with E-state index < -0.39 is 15.2 Å². The van der Waals surface area contributed by atoms with Gasteiger partial charge >= 0.3 is 15.2 Å². The molecule has 2 rings (SSSR count). The van der Waals surface area contributed by atoms with Crippen LogP contribution in [0.1, 0.15) is 26.7 Å². The van der Waals surface area contributed by atoms with E-state index in [0.29, 0.717) is 13.0 Å². The molecule has 148 valence electrons. The minimum absolute atomic E-state index is 0.0247. The zero-order valence-electron chi connectivity index (χ0n) is 14.5. The van der Waals surface area contributed by atoms with Crippen LogP contribution in [-0.2, 0) is 15.7 Å². The number of nitrogens with zero attached hydrogens (tertiary/aromatic N) is 3. The average molecular weight is 409 g/mol. The summed E-state index contributed by atoms with van der Waals surface area (Å²) in [5, 5.41) is 3.78. The van der Waals surface area contributed by atoms with E-state index in [9.17, 15) is 9.13 Å². The fraction of sp³-hybridized carbons (Fsp3) is 0.538. The summed E-state index contributed by atoms with van der Waals surface area (Å²) in [6.07, 6.45) is 4.55. The summed E-state index contributed by atoms with van der Waals surface area (Å²) >= 11 is 0. The maximum absolute atomic E-state index is 10.8. The number of hydrogen-bond donors (Lipinski definition) is 6. The predicted molar refractivity (Wildman–Crippen MR) is 98.0 cm³/mol. The van der Waals surface area contributed by atoms with Crippen molar-refractivity contribution in [3.05, 3.63) is 23.9 Å². The Morgan fingerprint density at radius 2 is 1.77 bits per heavy atom. The number of allylic oxidation sites excluding steroid dienone is 1. The molecule has 2 atom stereocenters. The van der Waals surface area contributed by atoms with Crippen LogP contribution in [0.3, 0.4) is 0 Å². The van der Waals surface area contributed by atoms with Gasteiger partial charge in [0.15, 0.2) is 0 Å². The minimum atomic E-state index is -4.16. The van der Waals surface area contributed by atoms with E-state index in [0.717, 1.165) is 11.9 Å². The highest BCUT2D eigenvalue weighted by Crippen LogP contribution is 2.48. The molecule has 0 aliphatic carbocycles. The van der Waals surface area contributed by atoms with Gasteiger partial charge in [-0.25, -0.2) is 0 Å². The largest absolute Gasteiger partial charge is 0.359 e. The Bertz CT molecular complexity index is 761. The Balaban J connectivity index is 0.000000260. The van der Waals surface area contributed by atoms with Crippen LogP contribution in [0.25, 0.3) is 0 Å². The molecule has 1 aromatic heterocycles. The van der Waals surface area contributed by atoms with E-state index in [1.807, 2.05) is 6.92 Å². The highest BCUT2D eigenvalue weighted by atomic mass is 31.2. The molecule has 0 radical (unpaired) electrons. The SMILES string of the molecule is C[C@@H](N)CC1=NC=C(P(=O)(O)O)C1.C[C@@H](N)Cn1cc(P(=O)(O)O)cn1. The van der Waals surface area contributed by atoms with Crippen molar-refractivity contribution in [3.8, 4) is 0 Å². The van der Waals surface area contributed by atoms with Crippen molar-refractivity contribution < 1.29 is 28.7 Å². The Kier molecular flexibility index (Phi) is 8.06. The van der Waals surface area contributed by atoms with Gasteiger partial charge in [-0.1, -0.05) is 0 Å². The van der Waals surface area contributed by atoms with Gasteiger partial charge in [0.1, 0.15) is 5.30 Å². The lowest BCUT2D eigenvalue weighted by Crippen LogP contribution is -2.22. The van der Waals surface area contributed by atoms with Crippen LogP contribution in [0.4, 0.5) is 0 Å². The van der Waals surface area contributed by atoms with E-state index in [1.165, 1.54) is 17.1 Å². The predicted octanol–water partition coefficient (Wildman–Crippen LogP) is -0.379. The first-order valence-electron chi connectivity index (χ1n) is 7.69. The number of rotatable bonds is 6. The lowest BCUT2D eigenvalue weighted by molar-refractivity contribution is 0.381. The maximum Gasteiger partial charge on any atom is 0.359 e. The van der Waals surface area contributed by atoms with E-state index in [4.69, 9.17) is 31.0 Å². The molecule has 0 fully saturated rings. The molecule has 0 spiro atoms. The van der Waals surface area contributed by atoms with Crippen molar-refractivity contribution in [3.63, 3.8) is 0 Å². The highest BCUT2D eigenvalue weighted by molar-refractivity contribution is 7.60. The third kappa shape index (κ3) is 8.03. The first-order valence-corrected chi connectivity index (χ1v) is 10.9. The van der Waals surface area contributed by atoms with E-state index in [2.05, 4.69) is 10.1 Å². The van der Waals surface area contributed by atoms with Crippen LogP contribution in [0.2, 0.25) is 0 Å². The number of aromatic nitrogens is 2. The summed E-state index contributed by atoms with van der Waals surface area (Å²) < 4.78 is 22.9. The van der Waals surface area contributed by atoms with E-state index >= 15 is 0 Å². The van der Waals surface area contributed by atoms with Crippen LogP contribution < -0.4 is 16.8 Å². The summed E-state index contributed by atoms with van der Waals surface area (Å²) in [7, 11) is -8.25. The molecule has 0 saturated heterocycles. The summed E-state index contributed by atoms with van der Waals surface area (Å²) in [6.45, 7) is 4.07. The Morgan fingerprint density at radius 3 is 2.15 bits per heavy atom. The molecule has 1 aliphatic rings. The minimum Gasteiger partial charge on any atom is -0.328 e. The topological polar surface area (TPSA) is 197 Å². The van der Waals surface area contributed by atoms with Crippen LogP contribution in [-0.4, -0.2) is 47.1 Å². The molecule has 13 heteroatoms. The van der Waals surface area contributed by atoms with Gasteiger partial charge in [0.2, 0.25) is 0 Å². The molecule has 11 nitrogen and oxygen atoms in total. The van der Waals surface area contributed by atoms with Crippen molar-refractivity contribution >= 4 is 26.2 Å². The fourth-order valence-corrected chi connectivity index (χ4v) is 3.12. The molecule has 1 aromatic rings. The van der Waals surface area contributed by atoms with Crippen molar-refractivity contribution in [2.75, 3.05) is 0 Å². The van der Waals surface area contributed by atoms with Crippen molar-refractivity contribution in [2.24, 2.45) is 16.5 Å². The first kappa shape index (κ1) is 22.9. The lowest BCUT2D eigenvalue weighted by Gasteiger charge is -2.06. The van der Waals surface area contributed by atoms with Gasteiger partial charge in [0, 0.05) is 43.0 Å². The van der Waals surface area contributed by atoms with Gasteiger partial charge in [0.05, 0.1) is 18.1 Å². The first-order chi connectivity index (χ1) is 11.8. The molecule has 2 heterocycles. The van der Waals surface area contributed by atoms with E-state index in [1.54, 1.807) is 6.92 Å². The third-order valence-electron chi connectivity index (χ3n) is 3.14. The Hall–Kier alpha value is -1.16. The summed E-state index contributed by atoms with van der Waals surface area (Å²) in [5.74, 6) is 0. The molecular formula is C13H25N5O6P2. The van der Waals surface area contributed by atoms with Gasteiger partial charge in [0.25, 0.3) is 0 Å². The standard InChI is InChI=1S/C7H13N2O3P.C6H12N3O3P/c1-5(8)2-6-3-7(4-9-6)13(10,11)12;1-5(7)3-9-4-6(2-8-9)13(10,11)12/h4-5H,2-3,8H2,1H3,(H2,10,11,12);2,4-5H,3,7H2,1H3,(H2,10,11,12)/t2*5-/m11/s1. The monoisotopic (exact) mass is 409 g/mol. The molecule has 0 bridgehead atoms. The average Bonchev–Trinajstić information content (AvgIpc) is 3.06. The van der Waals surface area contributed by atoms with Crippen molar-refractivity contribution in [2.45, 2.75) is 45.3 Å². The molecule has 0 unspecified atom stereocenters. The number of hydrogen-bond acceptors (Lipinski definition) is 6. The van der Waals surface area contributed by atoms with Crippen molar-refractivity contribution in [1.29, 1.82) is 0 Å². The highest BCUT2D eigenvalue weighted by Gasteiger charge is 2.25. The quantitative estimate of drug-likeness (QED) is 0.339. The van der Waals surface area contributed by atoms with Gasteiger partial charge in [-0.15, -0.1) is 0 Å². The van der Waals surface area contributed by atoms with Gasteiger partial charge < -0.3 is 31.0 Å². The van der Waals surface area contributed by atoms with E-state index in [-0.39, 0.29) is 29.1 Å². The molecular weight excluding hydrogens is 384 g/mol. The Morgan fingerprint density at radius 1 is 1.15 bits per heavy atom. The number of aliphatic imine (C=N–C) groups is 1. The molecule has 0 saturated carbocycles. The summed E-state index contributed by atoms with van der Waals surface area (Å²) in [5.41, 5.74) is 11.8. The second-order valence-corrected chi connectivity index (χ2v) is 9.43. The fourth-order valence-electron chi connectivity index (χ4n) is 2.04. The molecule has 8 N–H and O–H groups in total. The molecule has 1 aliphatic heterocycles. The summed E-state index contributed by atoms with van der Waals surface area (Å²) in [4.78, 5) is 39.0. The maximum atomic E-state index is 10.8. The molecule has 0 aromatic carbocycles. The Labute approximate surface area is 151 Å². The van der Waals surface area contributed by atoms with Crippen LogP contribution >= 0.6 is 15.2 Å². The second kappa shape index (κ2) is 9.16. The van der Waals surface area contributed by atoms with Gasteiger partial charge in [-0.3, -0.25) is 18.8 Å². The second-order valence-electron chi connectivity index (χ2n) is 6.16. The molecule has 0 amide bonds.